The molecule has 0 aliphatic carbocycles. The van der Waals surface area contributed by atoms with Crippen LogP contribution in [0, 0.1) is 23.6 Å². The predicted octanol–water partition coefficient (Wildman–Crippen LogP) is 4.11. The van der Waals surface area contributed by atoms with Crippen molar-refractivity contribution in [1.29, 1.82) is 0 Å². The molecule has 0 radical (unpaired) electrons. The average molecular weight is 267 g/mol. The van der Waals surface area contributed by atoms with E-state index in [9.17, 15) is 9.50 Å². The van der Waals surface area contributed by atoms with Gasteiger partial charge in [0.25, 0.3) is 0 Å². The van der Waals surface area contributed by atoms with E-state index in [1.807, 2.05) is 6.92 Å². The Morgan fingerprint density at radius 3 is 2.16 bits per heavy atom. The number of hydrogen-bond donors (Lipinski definition) is 2. The maximum Gasteiger partial charge on any atom is 0.131 e. The maximum absolute atomic E-state index is 13.7. The Bertz CT molecular complexity index is 396. The van der Waals surface area contributed by atoms with E-state index in [1.165, 1.54) is 6.07 Å². The topological polar surface area (TPSA) is 32.3 Å². The molecule has 0 saturated carbocycles. The third kappa shape index (κ3) is 4.50. The van der Waals surface area contributed by atoms with Gasteiger partial charge in [-0.25, -0.2) is 4.39 Å². The first kappa shape index (κ1) is 16.0. The molecule has 1 atom stereocenters. The summed E-state index contributed by atoms with van der Waals surface area (Å²) in [6.45, 7) is 11.7. The highest BCUT2D eigenvalue weighted by molar-refractivity contribution is 5.29. The van der Waals surface area contributed by atoms with Gasteiger partial charge in [0, 0.05) is 17.7 Å². The molecule has 1 aromatic carbocycles. The molecule has 1 unspecified atom stereocenters. The van der Waals surface area contributed by atoms with Gasteiger partial charge in [0.15, 0.2) is 0 Å². The van der Waals surface area contributed by atoms with Crippen molar-refractivity contribution >= 4 is 0 Å². The number of hydrogen-bond acceptors (Lipinski definition) is 2. The molecular formula is C16H26FNO. The van der Waals surface area contributed by atoms with Gasteiger partial charge < -0.3 is 10.4 Å². The van der Waals surface area contributed by atoms with E-state index >= 15 is 0 Å². The zero-order valence-corrected chi connectivity index (χ0v) is 12.6. The van der Waals surface area contributed by atoms with Crippen molar-refractivity contribution in [2.24, 2.45) is 17.8 Å². The lowest BCUT2D eigenvalue weighted by atomic mass is 9.85. The summed E-state index contributed by atoms with van der Waals surface area (Å²) in [5, 5.41) is 12.6. The van der Waals surface area contributed by atoms with Gasteiger partial charge >= 0.3 is 0 Å². The summed E-state index contributed by atoms with van der Waals surface area (Å²) in [6, 6.07) is 4.28. The zero-order valence-electron chi connectivity index (χ0n) is 12.6. The van der Waals surface area contributed by atoms with Crippen LogP contribution < -0.4 is 5.32 Å². The molecule has 1 aromatic rings. The minimum Gasteiger partial charge on any atom is -0.508 e. The molecule has 0 fully saturated rings. The van der Waals surface area contributed by atoms with Gasteiger partial charge in [0.1, 0.15) is 11.6 Å². The van der Waals surface area contributed by atoms with Crippen molar-refractivity contribution in [1.82, 2.24) is 5.32 Å². The second-order valence-electron chi connectivity index (χ2n) is 5.99. The lowest BCUT2D eigenvalue weighted by Crippen LogP contribution is -2.31. The van der Waals surface area contributed by atoms with Gasteiger partial charge in [-0.3, -0.25) is 0 Å². The molecule has 2 N–H and O–H groups in total. The number of rotatable bonds is 6. The predicted molar refractivity (Wildman–Crippen MR) is 77.6 cm³/mol. The first-order valence-electron chi connectivity index (χ1n) is 7.04. The van der Waals surface area contributed by atoms with E-state index in [4.69, 9.17) is 0 Å². The minimum absolute atomic E-state index is 0.0318. The van der Waals surface area contributed by atoms with Crippen LogP contribution in [-0.4, -0.2) is 11.7 Å². The standard InChI is InChI=1S/C16H26FNO/c1-10(2)15(11(3)4)9-18-12(5)14-7-6-13(19)8-16(14)17/h6-8,10-12,15,18-19H,9H2,1-5H3. The molecule has 3 heteroatoms. The summed E-state index contributed by atoms with van der Waals surface area (Å²) in [6.07, 6.45) is 0. The molecule has 0 amide bonds. The highest BCUT2D eigenvalue weighted by atomic mass is 19.1. The van der Waals surface area contributed by atoms with Crippen LogP contribution in [0.4, 0.5) is 4.39 Å². The fourth-order valence-electron chi connectivity index (χ4n) is 2.53. The monoisotopic (exact) mass is 267 g/mol. The lowest BCUT2D eigenvalue weighted by molar-refractivity contribution is 0.267. The highest BCUT2D eigenvalue weighted by Gasteiger charge is 2.19. The Morgan fingerprint density at radius 1 is 1.11 bits per heavy atom. The van der Waals surface area contributed by atoms with E-state index in [1.54, 1.807) is 6.07 Å². The molecule has 2 nitrogen and oxygen atoms in total. The highest BCUT2D eigenvalue weighted by Crippen LogP contribution is 2.23. The summed E-state index contributed by atoms with van der Waals surface area (Å²) in [5.41, 5.74) is 0.601. The van der Waals surface area contributed by atoms with Gasteiger partial charge in [-0.05, 0) is 37.3 Å². The molecule has 0 spiro atoms. The van der Waals surface area contributed by atoms with Crippen LogP contribution >= 0.6 is 0 Å². The molecule has 0 bridgehead atoms. The van der Waals surface area contributed by atoms with Crippen LogP contribution in [0.5, 0.6) is 5.75 Å². The fraction of sp³-hybridized carbons (Fsp3) is 0.625. The van der Waals surface area contributed by atoms with E-state index < -0.39 is 0 Å². The first-order valence-corrected chi connectivity index (χ1v) is 7.04. The Balaban J connectivity index is 2.66. The van der Waals surface area contributed by atoms with E-state index in [2.05, 4.69) is 33.0 Å². The molecule has 19 heavy (non-hydrogen) atoms. The van der Waals surface area contributed by atoms with Crippen molar-refractivity contribution in [3.8, 4) is 5.75 Å². The van der Waals surface area contributed by atoms with Crippen LogP contribution in [0.1, 0.15) is 46.2 Å². The molecule has 0 saturated heterocycles. The number of halogens is 1. The van der Waals surface area contributed by atoms with Gasteiger partial charge in [-0.1, -0.05) is 33.8 Å². The number of phenolic OH excluding ortho intramolecular Hbond substituents is 1. The quantitative estimate of drug-likeness (QED) is 0.813. The van der Waals surface area contributed by atoms with Gasteiger partial charge in [-0.2, -0.15) is 0 Å². The van der Waals surface area contributed by atoms with Gasteiger partial charge in [-0.15, -0.1) is 0 Å². The Hall–Kier alpha value is -1.09. The minimum atomic E-state index is -0.356. The van der Waals surface area contributed by atoms with Crippen LogP contribution in [0.2, 0.25) is 0 Å². The summed E-state index contributed by atoms with van der Waals surface area (Å²) < 4.78 is 13.7. The van der Waals surface area contributed by atoms with Crippen molar-refractivity contribution in [2.45, 2.75) is 40.7 Å². The fourth-order valence-corrected chi connectivity index (χ4v) is 2.53. The number of nitrogens with one attached hydrogen (secondary N) is 1. The van der Waals surface area contributed by atoms with Crippen molar-refractivity contribution < 1.29 is 9.50 Å². The van der Waals surface area contributed by atoms with E-state index in [0.717, 1.165) is 12.6 Å². The molecule has 108 valence electrons. The summed E-state index contributed by atoms with van der Waals surface area (Å²) >= 11 is 0. The number of aromatic hydroxyl groups is 1. The molecule has 0 aromatic heterocycles. The Kier molecular flexibility index (Phi) is 5.80. The van der Waals surface area contributed by atoms with Crippen LogP contribution in [-0.2, 0) is 0 Å². The van der Waals surface area contributed by atoms with Crippen LogP contribution in [0.3, 0.4) is 0 Å². The lowest BCUT2D eigenvalue weighted by Gasteiger charge is -2.27. The maximum atomic E-state index is 13.7. The normalized spacial score (nSPS) is 13.5. The molecule has 0 aliphatic rings. The second-order valence-corrected chi connectivity index (χ2v) is 5.99. The third-order valence-corrected chi connectivity index (χ3v) is 3.82. The number of benzene rings is 1. The smallest absolute Gasteiger partial charge is 0.131 e. The molecule has 0 aliphatic heterocycles. The first-order chi connectivity index (χ1) is 8.82. The van der Waals surface area contributed by atoms with Crippen LogP contribution in [0.25, 0.3) is 0 Å². The summed E-state index contributed by atoms with van der Waals surface area (Å²) in [7, 11) is 0. The third-order valence-electron chi connectivity index (χ3n) is 3.82. The van der Waals surface area contributed by atoms with E-state index in [0.29, 0.717) is 23.3 Å². The molecule has 1 rings (SSSR count). The Labute approximate surface area is 116 Å². The van der Waals surface area contributed by atoms with Crippen molar-refractivity contribution in [3.05, 3.63) is 29.6 Å². The van der Waals surface area contributed by atoms with E-state index in [-0.39, 0.29) is 17.6 Å². The molecule has 0 heterocycles. The van der Waals surface area contributed by atoms with Gasteiger partial charge in [0.05, 0.1) is 0 Å². The van der Waals surface area contributed by atoms with Crippen molar-refractivity contribution in [2.75, 3.05) is 6.54 Å². The van der Waals surface area contributed by atoms with Gasteiger partial charge in [0.2, 0.25) is 0 Å². The van der Waals surface area contributed by atoms with Crippen LogP contribution in [0.15, 0.2) is 18.2 Å². The summed E-state index contributed by atoms with van der Waals surface area (Å²) in [5.74, 6) is 1.39. The number of phenols is 1. The summed E-state index contributed by atoms with van der Waals surface area (Å²) in [4.78, 5) is 0. The largest absolute Gasteiger partial charge is 0.508 e. The molecular weight excluding hydrogens is 241 g/mol. The SMILES string of the molecule is CC(NCC(C(C)C)C(C)C)c1ccc(O)cc1F. The second kappa shape index (κ2) is 6.90. The Morgan fingerprint density at radius 2 is 1.68 bits per heavy atom. The zero-order chi connectivity index (χ0) is 14.6. The average Bonchev–Trinajstić information content (AvgIpc) is 2.27. The van der Waals surface area contributed by atoms with Crippen molar-refractivity contribution in [3.63, 3.8) is 0 Å².